The van der Waals surface area contributed by atoms with E-state index in [1.54, 1.807) is 4.90 Å². The first kappa shape index (κ1) is 18.4. The Morgan fingerprint density at radius 3 is 2.38 bits per heavy atom. The molecule has 3 aromatic rings. The fraction of sp³-hybridized carbons (Fsp3) is 0.211. The number of aromatic nitrogens is 2. The van der Waals surface area contributed by atoms with Gasteiger partial charge in [0.2, 0.25) is 11.0 Å². The van der Waals surface area contributed by atoms with Crippen molar-refractivity contribution in [2.75, 3.05) is 18.1 Å². The van der Waals surface area contributed by atoms with Crippen molar-refractivity contribution in [2.24, 2.45) is 0 Å². The Hall–Kier alpha value is -2.38. The van der Waals surface area contributed by atoms with E-state index in [9.17, 15) is 4.79 Å². The summed E-state index contributed by atoms with van der Waals surface area (Å²) < 4.78 is 0.794. The van der Waals surface area contributed by atoms with Crippen LogP contribution in [-0.2, 0) is 17.9 Å². The van der Waals surface area contributed by atoms with Crippen LogP contribution in [0.25, 0.3) is 0 Å². The molecule has 3 rings (SSSR count). The summed E-state index contributed by atoms with van der Waals surface area (Å²) in [5.41, 5.74) is 2.31. The van der Waals surface area contributed by atoms with Gasteiger partial charge in [0.05, 0.1) is 5.75 Å². The van der Waals surface area contributed by atoms with Crippen molar-refractivity contribution in [1.29, 1.82) is 0 Å². The Morgan fingerprint density at radius 2 is 1.69 bits per heavy atom. The molecule has 1 heterocycles. The molecule has 0 aliphatic carbocycles. The highest BCUT2D eigenvalue weighted by Gasteiger charge is 2.12. The molecule has 0 aliphatic rings. The Labute approximate surface area is 161 Å². The number of nitrogens with one attached hydrogen (secondary N) is 1. The van der Waals surface area contributed by atoms with E-state index < -0.39 is 0 Å². The molecule has 7 heteroatoms. The van der Waals surface area contributed by atoms with Crippen molar-refractivity contribution < 1.29 is 4.79 Å². The van der Waals surface area contributed by atoms with Gasteiger partial charge in [0.25, 0.3) is 0 Å². The lowest BCUT2D eigenvalue weighted by Gasteiger charge is -2.16. The van der Waals surface area contributed by atoms with Crippen molar-refractivity contribution in [3.8, 4) is 0 Å². The molecule has 0 spiro atoms. The lowest BCUT2D eigenvalue weighted by molar-refractivity contribution is -0.127. The molecular formula is C19H20N4OS2. The zero-order valence-electron chi connectivity index (χ0n) is 14.5. The Bertz CT molecular complexity index is 824. The Balaban J connectivity index is 1.44. The quantitative estimate of drug-likeness (QED) is 0.597. The molecular weight excluding hydrogens is 364 g/mol. The fourth-order valence-electron chi connectivity index (χ4n) is 2.29. The van der Waals surface area contributed by atoms with E-state index >= 15 is 0 Å². The van der Waals surface area contributed by atoms with Gasteiger partial charge >= 0.3 is 0 Å². The maximum atomic E-state index is 12.3. The first-order valence-corrected chi connectivity index (χ1v) is 10.0. The molecule has 5 nitrogen and oxygen atoms in total. The van der Waals surface area contributed by atoms with Gasteiger partial charge in [-0.2, -0.15) is 0 Å². The molecule has 0 saturated heterocycles. The molecule has 1 aromatic heterocycles. The second-order valence-electron chi connectivity index (χ2n) is 5.74. The van der Waals surface area contributed by atoms with Gasteiger partial charge in [0, 0.05) is 20.1 Å². The average Bonchev–Trinajstić information content (AvgIpc) is 3.14. The second-order valence-corrected chi connectivity index (χ2v) is 7.94. The van der Waals surface area contributed by atoms with Gasteiger partial charge in [-0.3, -0.25) is 4.79 Å². The SMILES string of the molecule is CN(Cc1ccccc1)C(=O)CSc1nnc(NCc2ccccc2)s1. The summed E-state index contributed by atoms with van der Waals surface area (Å²) in [5, 5.41) is 12.3. The number of amides is 1. The monoisotopic (exact) mass is 384 g/mol. The van der Waals surface area contributed by atoms with Crippen LogP contribution in [-0.4, -0.2) is 33.8 Å². The normalized spacial score (nSPS) is 10.5. The minimum atomic E-state index is 0.0767. The number of hydrogen-bond acceptors (Lipinski definition) is 6. The second kappa shape index (κ2) is 9.35. The van der Waals surface area contributed by atoms with E-state index in [0.717, 1.165) is 15.0 Å². The number of carbonyl (C=O) groups excluding carboxylic acids is 1. The van der Waals surface area contributed by atoms with Crippen LogP contribution in [0, 0.1) is 0 Å². The van der Waals surface area contributed by atoms with Gasteiger partial charge in [-0.25, -0.2) is 0 Å². The molecule has 0 unspecified atom stereocenters. The van der Waals surface area contributed by atoms with Crippen LogP contribution in [0.1, 0.15) is 11.1 Å². The summed E-state index contributed by atoms with van der Waals surface area (Å²) in [5.74, 6) is 0.435. The number of benzene rings is 2. The van der Waals surface area contributed by atoms with Gasteiger partial charge in [-0.15, -0.1) is 10.2 Å². The number of hydrogen-bond donors (Lipinski definition) is 1. The van der Waals surface area contributed by atoms with Gasteiger partial charge in [-0.05, 0) is 11.1 Å². The number of nitrogens with zero attached hydrogens (tertiary/aromatic N) is 3. The van der Waals surface area contributed by atoms with Crippen LogP contribution in [0.4, 0.5) is 5.13 Å². The average molecular weight is 385 g/mol. The van der Waals surface area contributed by atoms with Gasteiger partial charge < -0.3 is 10.2 Å². The van der Waals surface area contributed by atoms with Gasteiger partial charge in [-0.1, -0.05) is 83.8 Å². The van der Waals surface area contributed by atoms with E-state index in [1.807, 2.05) is 55.6 Å². The van der Waals surface area contributed by atoms with E-state index in [2.05, 4.69) is 27.6 Å². The summed E-state index contributed by atoms with van der Waals surface area (Å²) in [6, 6.07) is 20.1. The van der Waals surface area contributed by atoms with Crippen LogP contribution >= 0.6 is 23.1 Å². The van der Waals surface area contributed by atoms with Gasteiger partial charge in [0.1, 0.15) is 0 Å². The van der Waals surface area contributed by atoms with Crippen LogP contribution in [0.2, 0.25) is 0 Å². The zero-order chi connectivity index (χ0) is 18.2. The van der Waals surface area contributed by atoms with Crippen molar-refractivity contribution in [2.45, 2.75) is 17.4 Å². The minimum Gasteiger partial charge on any atom is -0.356 e. The fourth-order valence-corrected chi connectivity index (χ4v) is 3.98. The van der Waals surface area contributed by atoms with Crippen LogP contribution in [0.5, 0.6) is 0 Å². The molecule has 0 radical (unpaired) electrons. The number of rotatable bonds is 8. The largest absolute Gasteiger partial charge is 0.356 e. The third-order valence-electron chi connectivity index (χ3n) is 3.70. The lowest BCUT2D eigenvalue weighted by Crippen LogP contribution is -2.27. The summed E-state index contributed by atoms with van der Waals surface area (Å²) >= 11 is 2.89. The van der Waals surface area contributed by atoms with Crippen molar-refractivity contribution >= 4 is 34.1 Å². The first-order chi connectivity index (χ1) is 12.7. The summed E-state index contributed by atoms with van der Waals surface area (Å²) in [6.07, 6.45) is 0. The third kappa shape index (κ3) is 5.57. The van der Waals surface area contributed by atoms with E-state index in [-0.39, 0.29) is 5.91 Å². The molecule has 1 N–H and O–H groups in total. The maximum Gasteiger partial charge on any atom is 0.233 e. The molecule has 0 atom stereocenters. The molecule has 26 heavy (non-hydrogen) atoms. The Kier molecular flexibility index (Phi) is 6.62. The van der Waals surface area contributed by atoms with E-state index in [0.29, 0.717) is 18.8 Å². The Morgan fingerprint density at radius 1 is 1.04 bits per heavy atom. The predicted molar refractivity (Wildman–Crippen MR) is 107 cm³/mol. The summed E-state index contributed by atoms with van der Waals surface area (Å²) in [4.78, 5) is 14.0. The molecule has 0 aliphatic heterocycles. The molecule has 1 amide bonds. The van der Waals surface area contributed by atoms with Crippen molar-refractivity contribution in [3.63, 3.8) is 0 Å². The smallest absolute Gasteiger partial charge is 0.233 e. The van der Waals surface area contributed by atoms with E-state index in [4.69, 9.17) is 0 Å². The molecule has 0 saturated carbocycles. The molecule has 2 aromatic carbocycles. The standard InChI is InChI=1S/C19H20N4OS2/c1-23(13-16-10-6-3-7-11-16)17(24)14-25-19-22-21-18(26-19)20-12-15-8-4-2-5-9-15/h2-11H,12-14H2,1H3,(H,20,21). The number of thioether (sulfide) groups is 1. The van der Waals surface area contributed by atoms with Gasteiger partial charge in [0.15, 0.2) is 4.34 Å². The highest BCUT2D eigenvalue weighted by Crippen LogP contribution is 2.26. The lowest BCUT2D eigenvalue weighted by atomic mass is 10.2. The minimum absolute atomic E-state index is 0.0767. The van der Waals surface area contributed by atoms with Crippen LogP contribution in [0.3, 0.4) is 0 Å². The molecule has 0 fully saturated rings. The molecule has 0 bridgehead atoms. The maximum absolute atomic E-state index is 12.3. The first-order valence-electron chi connectivity index (χ1n) is 8.23. The third-order valence-corrected chi connectivity index (χ3v) is 5.70. The number of carbonyl (C=O) groups is 1. The van der Waals surface area contributed by atoms with Crippen LogP contribution < -0.4 is 5.32 Å². The van der Waals surface area contributed by atoms with Crippen molar-refractivity contribution in [1.82, 2.24) is 15.1 Å². The topological polar surface area (TPSA) is 58.1 Å². The summed E-state index contributed by atoms with van der Waals surface area (Å²) in [6.45, 7) is 1.32. The predicted octanol–water partition coefficient (Wildman–Crippen LogP) is 3.90. The van der Waals surface area contributed by atoms with E-state index in [1.165, 1.54) is 28.7 Å². The summed E-state index contributed by atoms with van der Waals surface area (Å²) in [7, 11) is 1.82. The molecule has 134 valence electrons. The van der Waals surface area contributed by atoms with Crippen LogP contribution in [0.15, 0.2) is 65.0 Å². The highest BCUT2D eigenvalue weighted by molar-refractivity contribution is 8.01. The van der Waals surface area contributed by atoms with Crippen molar-refractivity contribution in [3.05, 3.63) is 71.8 Å². The number of anilines is 1. The highest BCUT2D eigenvalue weighted by atomic mass is 32.2. The zero-order valence-corrected chi connectivity index (χ0v) is 16.1.